The molecule has 1 aromatic rings. The molecule has 0 radical (unpaired) electrons. The summed E-state index contributed by atoms with van der Waals surface area (Å²) in [5.74, 6) is -0.578. The minimum Gasteiger partial charge on any atom is -0.480 e. The summed E-state index contributed by atoms with van der Waals surface area (Å²) < 4.78 is 0. The molecular formula is C9H9ClO2S. The van der Waals surface area contributed by atoms with Crippen molar-refractivity contribution >= 4 is 29.3 Å². The Labute approximate surface area is 85.9 Å². The van der Waals surface area contributed by atoms with Gasteiger partial charge < -0.3 is 5.11 Å². The average Bonchev–Trinajstić information content (AvgIpc) is 2.15. The minimum atomic E-state index is -0.968. The Bertz CT molecular complexity index is 276. The lowest BCUT2D eigenvalue weighted by Crippen LogP contribution is -2.15. The highest BCUT2D eigenvalue weighted by molar-refractivity contribution is 7.99. The van der Waals surface area contributed by atoms with Crippen molar-refractivity contribution < 1.29 is 9.90 Å². The van der Waals surface area contributed by atoms with Gasteiger partial charge in [0.2, 0.25) is 0 Å². The maximum absolute atomic E-state index is 10.4. The number of hydrogen-bond acceptors (Lipinski definition) is 2. The van der Waals surface area contributed by atoms with Crippen LogP contribution in [0.2, 0.25) is 0 Å². The number of rotatable bonds is 4. The van der Waals surface area contributed by atoms with Gasteiger partial charge in [0.05, 0.1) is 0 Å². The van der Waals surface area contributed by atoms with Crippen LogP contribution in [0.3, 0.4) is 0 Å². The number of thioether (sulfide) groups is 1. The van der Waals surface area contributed by atoms with Crippen LogP contribution in [0.15, 0.2) is 35.2 Å². The van der Waals surface area contributed by atoms with Crippen LogP contribution in [0.4, 0.5) is 0 Å². The molecule has 0 heterocycles. The number of carbonyl (C=O) groups is 1. The van der Waals surface area contributed by atoms with E-state index in [1.807, 2.05) is 30.3 Å². The Morgan fingerprint density at radius 3 is 2.62 bits per heavy atom. The summed E-state index contributed by atoms with van der Waals surface area (Å²) in [5, 5.41) is 7.70. The van der Waals surface area contributed by atoms with Crippen LogP contribution in [0, 0.1) is 0 Å². The van der Waals surface area contributed by atoms with Gasteiger partial charge in [-0.05, 0) is 12.1 Å². The summed E-state index contributed by atoms with van der Waals surface area (Å²) >= 11 is 6.99. The zero-order chi connectivity index (χ0) is 9.68. The highest BCUT2D eigenvalue weighted by Crippen LogP contribution is 2.19. The van der Waals surface area contributed by atoms with Gasteiger partial charge in [0.25, 0.3) is 0 Å². The molecule has 0 amide bonds. The van der Waals surface area contributed by atoms with Crippen molar-refractivity contribution in [2.45, 2.75) is 10.3 Å². The smallest absolute Gasteiger partial charge is 0.322 e. The third-order valence-electron chi connectivity index (χ3n) is 1.41. The van der Waals surface area contributed by atoms with E-state index in [4.69, 9.17) is 16.7 Å². The molecule has 2 nitrogen and oxygen atoms in total. The molecule has 0 saturated heterocycles. The molecule has 0 aromatic heterocycles. The van der Waals surface area contributed by atoms with E-state index >= 15 is 0 Å². The molecule has 13 heavy (non-hydrogen) atoms. The van der Waals surface area contributed by atoms with Gasteiger partial charge in [0.15, 0.2) is 0 Å². The highest BCUT2D eigenvalue weighted by Gasteiger charge is 2.13. The summed E-state index contributed by atoms with van der Waals surface area (Å²) in [6.07, 6.45) is 0. The fourth-order valence-electron chi connectivity index (χ4n) is 0.757. The lowest BCUT2D eigenvalue weighted by molar-refractivity contribution is -0.136. The largest absolute Gasteiger partial charge is 0.480 e. The molecule has 1 N–H and O–H groups in total. The first-order valence-electron chi connectivity index (χ1n) is 3.75. The van der Waals surface area contributed by atoms with Crippen LogP contribution < -0.4 is 0 Å². The molecule has 1 rings (SSSR count). The van der Waals surface area contributed by atoms with Crippen LogP contribution >= 0.6 is 23.4 Å². The van der Waals surface area contributed by atoms with E-state index in [0.717, 1.165) is 4.90 Å². The predicted octanol–water partition coefficient (Wildman–Crippen LogP) is 2.47. The summed E-state index contributed by atoms with van der Waals surface area (Å²) in [5.41, 5.74) is 0. The number of carboxylic acid groups (broad SMARTS) is 1. The zero-order valence-corrected chi connectivity index (χ0v) is 8.39. The fraction of sp³-hybridized carbons (Fsp3) is 0.222. The number of hydrogen-bond donors (Lipinski definition) is 1. The second-order valence-corrected chi connectivity index (χ2v) is 4.05. The molecule has 1 unspecified atom stereocenters. The molecule has 4 heteroatoms. The number of carboxylic acids is 1. The quantitative estimate of drug-likeness (QED) is 0.621. The van der Waals surface area contributed by atoms with E-state index in [2.05, 4.69) is 0 Å². The average molecular weight is 217 g/mol. The summed E-state index contributed by atoms with van der Waals surface area (Å²) in [4.78, 5) is 11.4. The van der Waals surface area contributed by atoms with Gasteiger partial charge in [-0.1, -0.05) is 18.2 Å². The summed E-state index contributed by atoms with van der Waals surface area (Å²) in [6, 6.07) is 9.59. The molecule has 1 aromatic carbocycles. The van der Waals surface area contributed by atoms with Crippen LogP contribution in [-0.4, -0.2) is 22.2 Å². The molecule has 0 aliphatic carbocycles. The monoisotopic (exact) mass is 216 g/mol. The molecule has 0 aliphatic rings. The first-order chi connectivity index (χ1) is 6.20. The van der Waals surface area contributed by atoms with Crippen LogP contribution in [0.25, 0.3) is 0 Å². The lowest BCUT2D eigenvalue weighted by Gasteiger charge is -2.03. The van der Waals surface area contributed by atoms with Crippen molar-refractivity contribution in [1.82, 2.24) is 0 Å². The van der Waals surface area contributed by atoms with Crippen LogP contribution in [0.1, 0.15) is 0 Å². The molecule has 0 spiro atoms. The van der Waals surface area contributed by atoms with Crippen molar-refractivity contribution in [3.05, 3.63) is 30.3 Å². The van der Waals surface area contributed by atoms with Crippen LogP contribution in [-0.2, 0) is 4.79 Å². The molecule has 0 bridgehead atoms. The number of halogens is 1. The topological polar surface area (TPSA) is 37.3 Å². The zero-order valence-electron chi connectivity index (χ0n) is 6.81. The fourth-order valence-corrected chi connectivity index (χ4v) is 1.78. The first kappa shape index (κ1) is 10.4. The van der Waals surface area contributed by atoms with Gasteiger partial charge in [-0.15, -0.1) is 23.4 Å². The molecule has 0 aliphatic heterocycles. The van der Waals surface area contributed by atoms with Crippen molar-refractivity contribution in [2.24, 2.45) is 0 Å². The Morgan fingerprint density at radius 2 is 2.08 bits per heavy atom. The molecule has 70 valence electrons. The van der Waals surface area contributed by atoms with Gasteiger partial charge in [-0.3, -0.25) is 4.79 Å². The van der Waals surface area contributed by atoms with E-state index in [0.29, 0.717) is 5.75 Å². The standard InChI is InChI=1S/C9H9ClO2S/c10-8(9(11)12)6-13-7-4-2-1-3-5-7/h1-5,8H,6H2,(H,11,12). The number of benzene rings is 1. The van der Waals surface area contributed by atoms with E-state index in [1.54, 1.807) is 0 Å². The van der Waals surface area contributed by atoms with E-state index < -0.39 is 11.3 Å². The molecule has 1 atom stereocenters. The van der Waals surface area contributed by atoms with Gasteiger partial charge >= 0.3 is 5.97 Å². The molecule has 0 saturated carbocycles. The normalized spacial score (nSPS) is 12.4. The van der Waals surface area contributed by atoms with Crippen LogP contribution in [0.5, 0.6) is 0 Å². The van der Waals surface area contributed by atoms with E-state index in [1.165, 1.54) is 11.8 Å². The third kappa shape index (κ3) is 3.70. The molecular weight excluding hydrogens is 208 g/mol. The Hall–Kier alpha value is -0.670. The van der Waals surface area contributed by atoms with Gasteiger partial charge in [0.1, 0.15) is 5.38 Å². The van der Waals surface area contributed by atoms with E-state index in [9.17, 15) is 4.79 Å². The predicted molar refractivity (Wildman–Crippen MR) is 54.4 cm³/mol. The second kappa shape index (κ2) is 5.14. The van der Waals surface area contributed by atoms with Crippen molar-refractivity contribution in [3.8, 4) is 0 Å². The Morgan fingerprint density at radius 1 is 1.46 bits per heavy atom. The first-order valence-corrected chi connectivity index (χ1v) is 5.17. The number of alkyl halides is 1. The Kier molecular flexibility index (Phi) is 4.12. The summed E-state index contributed by atoms with van der Waals surface area (Å²) in [7, 11) is 0. The van der Waals surface area contributed by atoms with Crippen molar-refractivity contribution in [3.63, 3.8) is 0 Å². The van der Waals surface area contributed by atoms with Gasteiger partial charge in [-0.2, -0.15) is 0 Å². The van der Waals surface area contributed by atoms with Crippen molar-refractivity contribution in [1.29, 1.82) is 0 Å². The van der Waals surface area contributed by atoms with Gasteiger partial charge in [-0.25, -0.2) is 0 Å². The number of aliphatic carboxylic acids is 1. The highest BCUT2D eigenvalue weighted by atomic mass is 35.5. The SMILES string of the molecule is O=C(O)C(Cl)CSc1ccccc1. The maximum Gasteiger partial charge on any atom is 0.322 e. The van der Waals surface area contributed by atoms with E-state index in [-0.39, 0.29) is 0 Å². The van der Waals surface area contributed by atoms with Gasteiger partial charge in [0, 0.05) is 10.6 Å². The maximum atomic E-state index is 10.4. The Balaban J connectivity index is 2.39. The molecule has 0 fully saturated rings. The summed E-state index contributed by atoms with van der Waals surface area (Å²) in [6.45, 7) is 0. The lowest BCUT2D eigenvalue weighted by atomic mass is 10.4. The second-order valence-electron chi connectivity index (χ2n) is 2.43. The minimum absolute atomic E-state index is 0.390. The van der Waals surface area contributed by atoms with Crippen molar-refractivity contribution in [2.75, 3.05) is 5.75 Å². The third-order valence-corrected chi connectivity index (χ3v) is 3.04.